The van der Waals surface area contributed by atoms with Gasteiger partial charge in [-0.05, 0) is 18.6 Å². The second-order valence-corrected chi connectivity index (χ2v) is 6.72. The highest BCUT2D eigenvalue weighted by Gasteiger charge is 2.13. The third-order valence-corrected chi connectivity index (χ3v) is 4.65. The maximum Gasteiger partial charge on any atom is 0.230 e. The van der Waals surface area contributed by atoms with Gasteiger partial charge in [0, 0.05) is 15.5 Å². The van der Waals surface area contributed by atoms with Gasteiger partial charge in [-0.2, -0.15) is 0 Å². The SMILES string of the molecule is Cc1sc(NC(=O)Cc2ccccc2Cl)nc1-c1ccccc1. The largest absolute Gasteiger partial charge is 0.302 e. The van der Waals surface area contributed by atoms with Crippen LogP contribution in [0.1, 0.15) is 10.4 Å². The molecule has 0 aliphatic carbocycles. The molecule has 0 fully saturated rings. The normalized spacial score (nSPS) is 10.5. The maximum atomic E-state index is 12.2. The Kier molecular flexibility index (Phi) is 4.74. The number of nitrogens with zero attached hydrogens (tertiary/aromatic N) is 1. The van der Waals surface area contributed by atoms with Crippen LogP contribution in [0.3, 0.4) is 0 Å². The molecule has 0 aliphatic heterocycles. The zero-order valence-corrected chi connectivity index (χ0v) is 14.1. The van der Waals surface area contributed by atoms with Crippen molar-refractivity contribution in [1.82, 2.24) is 4.98 Å². The highest BCUT2D eigenvalue weighted by molar-refractivity contribution is 7.16. The van der Waals surface area contributed by atoms with Gasteiger partial charge in [0.1, 0.15) is 0 Å². The van der Waals surface area contributed by atoms with Crippen molar-refractivity contribution in [2.24, 2.45) is 0 Å². The summed E-state index contributed by atoms with van der Waals surface area (Å²) in [5.74, 6) is -0.119. The Bertz CT molecular complexity index is 830. The summed E-state index contributed by atoms with van der Waals surface area (Å²) in [5, 5.41) is 4.07. The summed E-state index contributed by atoms with van der Waals surface area (Å²) >= 11 is 7.56. The van der Waals surface area contributed by atoms with Gasteiger partial charge < -0.3 is 5.32 Å². The third-order valence-electron chi connectivity index (χ3n) is 3.40. The zero-order valence-electron chi connectivity index (χ0n) is 12.5. The van der Waals surface area contributed by atoms with Crippen molar-refractivity contribution in [1.29, 1.82) is 0 Å². The minimum absolute atomic E-state index is 0.119. The Morgan fingerprint density at radius 3 is 2.57 bits per heavy atom. The molecule has 0 unspecified atom stereocenters. The smallest absolute Gasteiger partial charge is 0.230 e. The lowest BCUT2D eigenvalue weighted by Crippen LogP contribution is -2.14. The monoisotopic (exact) mass is 342 g/mol. The van der Waals surface area contributed by atoms with E-state index in [2.05, 4.69) is 10.3 Å². The summed E-state index contributed by atoms with van der Waals surface area (Å²) in [4.78, 5) is 17.8. The number of aryl methyl sites for hydroxylation is 1. The first-order chi connectivity index (χ1) is 11.1. The molecule has 0 radical (unpaired) electrons. The maximum absolute atomic E-state index is 12.2. The molecule has 0 atom stereocenters. The predicted octanol–water partition coefficient (Wildman–Crippen LogP) is 4.95. The number of rotatable bonds is 4. The fourth-order valence-corrected chi connectivity index (χ4v) is 3.35. The lowest BCUT2D eigenvalue weighted by atomic mass is 10.1. The van der Waals surface area contributed by atoms with Gasteiger partial charge in [-0.25, -0.2) is 4.98 Å². The Balaban J connectivity index is 1.74. The first kappa shape index (κ1) is 15.7. The van der Waals surface area contributed by atoms with E-state index >= 15 is 0 Å². The molecular weight excluding hydrogens is 328 g/mol. The van der Waals surface area contributed by atoms with Crippen LogP contribution in [-0.2, 0) is 11.2 Å². The second kappa shape index (κ2) is 6.94. The molecule has 3 aromatic rings. The van der Waals surface area contributed by atoms with E-state index in [1.54, 1.807) is 6.07 Å². The quantitative estimate of drug-likeness (QED) is 0.728. The number of anilines is 1. The number of thiazole rings is 1. The molecular formula is C18H15ClN2OS. The molecule has 1 aromatic heterocycles. The molecule has 0 aliphatic rings. The molecule has 0 spiro atoms. The minimum Gasteiger partial charge on any atom is -0.302 e. The fraction of sp³-hybridized carbons (Fsp3) is 0.111. The van der Waals surface area contributed by atoms with Gasteiger partial charge in [0.15, 0.2) is 5.13 Å². The number of halogens is 1. The number of carbonyl (C=O) groups excluding carboxylic acids is 1. The molecule has 1 heterocycles. The highest BCUT2D eigenvalue weighted by Crippen LogP contribution is 2.30. The van der Waals surface area contributed by atoms with Crippen LogP contribution in [0.15, 0.2) is 54.6 Å². The van der Waals surface area contributed by atoms with Gasteiger partial charge in [0.05, 0.1) is 12.1 Å². The Morgan fingerprint density at radius 1 is 1.13 bits per heavy atom. The lowest BCUT2D eigenvalue weighted by molar-refractivity contribution is -0.115. The van der Waals surface area contributed by atoms with Crippen molar-refractivity contribution in [3.05, 3.63) is 70.1 Å². The average molecular weight is 343 g/mol. The van der Waals surface area contributed by atoms with Crippen LogP contribution in [0.4, 0.5) is 5.13 Å². The summed E-state index contributed by atoms with van der Waals surface area (Å²) < 4.78 is 0. The predicted molar refractivity (Wildman–Crippen MR) is 96.1 cm³/mol. The summed E-state index contributed by atoms with van der Waals surface area (Å²) in [5.41, 5.74) is 2.76. The molecule has 23 heavy (non-hydrogen) atoms. The summed E-state index contributed by atoms with van der Waals surface area (Å²) in [6.07, 6.45) is 0.235. The molecule has 3 rings (SSSR count). The number of aromatic nitrogens is 1. The molecule has 0 bridgehead atoms. The second-order valence-electron chi connectivity index (χ2n) is 5.11. The number of nitrogens with one attached hydrogen (secondary N) is 1. The molecule has 1 amide bonds. The van der Waals surface area contributed by atoms with Gasteiger partial charge in [0.2, 0.25) is 5.91 Å². The average Bonchev–Trinajstić information content (AvgIpc) is 2.91. The lowest BCUT2D eigenvalue weighted by Gasteiger charge is -2.03. The van der Waals surface area contributed by atoms with Crippen molar-refractivity contribution in [3.8, 4) is 11.3 Å². The number of benzene rings is 2. The third kappa shape index (κ3) is 3.78. The van der Waals surface area contributed by atoms with Gasteiger partial charge in [-0.3, -0.25) is 4.79 Å². The number of hydrogen-bond donors (Lipinski definition) is 1. The summed E-state index contributed by atoms with van der Waals surface area (Å²) in [6.45, 7) is 2.00. The minimum atomic E-state index is -0.119. The molecule has 3 nitrogen and oxygen atoms in total. The molecule has 2 aromatic carbocycles. The van der Waals surface area contributed by atoms with Crippen LogP contribution < -0.4 is 5.32 Å². The highest BCUT2D eigenvalue weighted by atomic mass is 35.5. The van der Waals surface area contributed by atoms with Crippen LogP contribution in [0.5, 0.6) is 0 Å². The van der Waals surface area contributed by atoms with E-state index in [1.807, 2.05) is 55.5 Å². The van der Waals surface area contributed by atoms with Crippen LogP contribution >= 0.6 is 22.9 Å². The standard InChI is InChI=1S/C18H15ClN2OS/c1-12-17(13-7-3-2-4-8-13)21-18(23-12)20-16(22)11-14-9-5-6-10-15(14)19/h2-10H,11H2,1H3,(H,20,21,22). The number of hydrogen-bond acceptors (Lipinski definition) is 3. The first-order valence-corrected chi connectivity index (χ1v) is 8.39. The molecule has 1 N–H and O–H groups in total. The van der Waals surface area contributed by atoms with E-state index in [0.717, 1.165) is 21.7 Å². The van der Waals surface area contributed by atoms with Crippen molar-refractivity contribution >= 4 is 34.0 Å². The van der Waals surface area contributed by atoms with Crippen LogP contribution in [0, 0.1) is 6.92 Å². The van der Waals surface area contributed by atoms with Crippen LogP contribution in [-0.4, -0.2) is 10.9 Å². The van der Waals surface area contributed by atoms with Crippen molar-refractivity contribution in [2.75, 3.05) is 5.32 Å². The zero-order chi connectivity index (χ0) is 16.2. The van der Waals surface area contributed by atoms with E-state index in [9.17, 15) is 4.79 Å². The topological polar surface area (TPSA) is 42.0 Å². The van der Waals surface area contributed by atoms with E-state index in [0.29, 0.717) is 10.2 Å². The summed E-state index contributed by atoms with van der Waals surface area (Å²) in [7, 11) is 0. The number of carbonyl (C=O) groups is 1. The van der Waals surface area contributed by atoms with Crippen molar-refractivity contribution in [3.63, 3.8) is 0 Å². The van der Waals surface area contributed by atoms with Crippen molar-refractivity contribution < 1.29 is 4.79 Å². The van der Waals surface area contributed by atoms with E-state index in [1.165, 1.54) is 11.3 Å². The molecule has 0 saturated heterocycles. The Morgan fingerprint density at radius 2 is 1.83 bits per heavy atom. The van der Waals surface area contributed by atoms with Gasteiger partial charge in [-0.1, -0.05) is 60.1 Å². The molecule has 0 saturated carbocycles. The molecule has 116 valence electrons. The Hall–Kier alpha value is -2.17. The van der Waals surface area contributed by atoms with Gasteiger partial charge >= 0.3 is 0 Å². The van der Waals surface area contributed by atoms with Gasteiger partial charge in [0.25, 0.3) is 0 Å². The first-order valence-electron chi connectivity index (χ1n) is 7.19. The van der Waals surface area contributed by atoms with Crippen LogP contribution in [0.2, 0.25) is 5.02 Å². The van der Waals surface area contributed by atoms with E-state index in [4.69, 9.17) is 11.6 Å². The van der Waals surface area contributed by atoms with E-state index < -0.39 is 0 Å². The fourth-order valence-electron chi connectivity index (χ4n) is 2.29. The molecule has 5 heteroatoms. The Labute approximate surface area is 144 Å². The number of amides is 1. The van der Waals surface area contributed by atoms with Crippen molar-refractivity contribution in [2.45, 2.75) is 13.3 Å². The van der Waals surface area contributed by atoms with E-state index in [-0.39, 0.29) is 12.3 Å². The van der Waals surface area contributed by atoms with Crippen LogP contribution in [0.25, 0.3) is 11.3 Å². The summed E-state index contributed by atoms with van der Waals surface area (Å²) in [6, 6.07) is 17.3. The van der Waals surface area contributed by atoms with Gasteiger partial charge in [-0.15, -0.1) is 11.3 Å².